The Labute approximate surface area is 192 Å². The number of Topliss-reactive ketones (excluding diaryl/α,β-unsaturated/α-hetero) is 1. The molecule has 32 heavy (non-hydrogen) atoms. The number of hydrogen-bond acceptors (Lipinski definition) is 5. The first-order valence-corrected chi connectivity index (χ1v) is 11.5. The molecule has 3 aromatic rings. The fourth-order valence-corrected chi connectivity index (χ4v) is 3.93. The number of carbonyl (C=O) groups is 3. The summed E-state index contributed by atoms with van der Waals surface area (Å²) < 4.78 is 5.20. The molecule has 0 fully saturated rings. The number of esters is 1. The van der Waals surface area contributed by atoms with E-state index in [9.17, 15) is 14.4 Å². The molecule has 0 bridgehead atoms. The lowest BCUT2D eigenvalue weighted by Gasteiger charge is -2.16. The van der Waals surface area contributed by atoms with Crippen LogP contribution in [0.15, 0.2) is 59.6 Å². The summed E-state index contributed by atoms with van der Waals surface area (Å²) in [5.74, 6) is -0.643. The highest BCUT2D eigenvalue weighted by molar-refractivity contribution is 8.00. The summed E-state index contributed by atoms with van der Waals surface area (Å²) in [5, 5.41) is 4.09. The zero-order chi connectivity index (χ0) is 23.1. The van der Waals surface area contributed by atoms with E-state index in [2.05, 4.69) is 16.4 Å². The second kappa shape index (κ2) is 10.5. The second-order valence-corrected chi connectivity index (χ2v) is 9.51. The summed E-state index contributed by atoms with van der Waals surface area (Å²) in [7, 11) is 0. The number of ether oxygens (including phenoxy) is 1. The van der Waals surface area contributed by atoms with Crippen LogP contribution < -0.4 is 5.32 Å². The van der Waals surface area contributed by atoms with Crippen LogP contribution in [-0.2, 0) is 20.7 Å². The van der Waals surface area contributed by atoms with Gasteiger partial charge in [0.1, 0.15) is 0 Å². The van der Waals surface area contributed by atoms with E-state index >= 15 is 0 Å². The van der Waals surface area contributed by atoms with Gasteiger partial charge in [0.25, 0.3) is 0 Å². The summed E-state index contributed by atoms with van der Waals surface area (Å²) >= 11 is 1.27. The number of fused-ring (bicyclic) bond motifs is 1. The number of aromatic nitrogens is 1. The highest BCUT2D eigenvalue weighted by Crippen LogP contribution is 2.24. The van der Waals surface area contributed by atoms with Crippen molar-refractivity contribution in [2.45, 2.75) is 32.1 Å². The lowest BCUT2D eigenvalue weighted by Crippen LogP contribution is -2.27. The minimum atomic E-state index is -0.570. The van der Waals surface area contributed by atoms with Gasteiger partial charge in [-0.05, 0) is 30.2 Å². The average molecular weight is 453 g/mol. The van der Waals surface area contributed by atoms with Gasteiger partial charge >= 0.3 is 5.97 Å². The van der Waals surface area contributed by atoms with Gasteiger partial charge in [-0.2, -0.15) is 0 Å². The van der Waals surface area contributed by atoms with Gasteiger partial charge in [0.05, 0.1) is 11.3 Å². The molecule has 0 radical (unpaired) electrons. The molecule has 7 heteroatoms. The molecule has 0 saturated carbocycles. The van der Waals surface area contributed by atoms with Crippen molar-refractivity contribution in [3.05, 3.63) is 65.9 Å². The first-order valence-electron chi connectivity index (χ1n) is 10.5. The Morgan fingerprint density at radius 3 is 2.53 bits per heavy atom. The van der Waals surface area contributed by atoms with E-state index in [1.54, 1.807) is 45.0 Å². The number of hydrogen-bond donors (Lipinski definition) is 2. The summed E-state index contributed by atoms with van der Waals surface area (Å²) in [6.07, 6.45) is 2.70. The molecular weight excluding hydrogens is 424 g/mol. The molecule has 0 unspecified atom stereocenters. The Morgan fingerprint density at radius 2 is 1.75 bits per heavy atom. The molecule has 0 aliphatic heterocycles. The topological polar surface area (TPSA) is 88.3 Å². The van der Waals surface area contributed by atoms with Gasteiger partial charge in [0.15, 0.2) is 12.4 Å². The third-order valence-electron chi connectivity index (χ3n) is 5.03. The molecular formula is C25H28N2O4S. The molecule has 6 nitrogen and oxygen atoms in total. The molecule has 0 aliphatic rings. The first kappa shape index (κ1) is 23.6. The zero-order valence-corrected chi connectivity index (χ0v) is 19.4. The van der Waals surface area contributed by atoms with Crippen molar-refractivity contribution in [2.24, 2.45) is 5.41 Å². The quantitative estimate of drug-likeness (QED) is 0.371. The van der Waals surface area contributed by atoms with Crippen molar-refractivity contribution >= 4 is 40.3 Å². The monoisotopic (exact) mass is 452 g/mol. The molecule has 0 saturated heterocycles. The van der Waals surface area contributed by atoms with Gasteiger partial charge in [-0.15, -0.1) is 11.8 Å². The van der Waals surface area contributed by atoms with E-state index in [0.717, 1.165) is 22.9 Å². The Balaban J connectivity index is 1.49. The van der Waals surface area contributed by atoms with Crippen molar-refractivity contribution in [3.8, 4) is 0 Å². The smallest absolute Gasteiger partial charge is 0.339 e. The normalized spacial score (nSPS) is 11.3. The van der Waals surface area contributed by atoms with Crippen molar-refractivity contribution in [2.75, 3.05) is 18.9 Å². The number of nitrogens with one attached hydrogen (secondary N) is 2. The minimum Gasteiger partial charge on any atom is -0.454 e. The average Bonchev–Trinajstić information content (AvgIpc) is 3.18. The summed E-state index contributed by atoms with van der Waals surface area (Å²) in [4.78, 5) is 40.7. The predicted molar refractivity (Wildman–Crippen MR) is 127 cm³/mol. The molecule has 168 valence electrons. The van der Waals surface area contributed by atoms with Crippen LogP contribution in [0.3, 0.4) is 0 Å². The van der Waals surface area contributed by atoms with Gasteiger partial charge in [0, 0.05) is 34.0 Å². The third kappa shape index (κ3) is 6.23. The Bertz CT molecular complexity index is 1110. The van der Waals surface area contributed by atoms with E-state index in [0.29, 0.717) is 17.0 Å². The number of rotatable bonds is 9. The number of benzene rings is 2. The van der Waals surface area contributed by atoms with Crippen LogP contribution in [-0.4, -0.2) is 41.5 Å². The number of para-hydroxylation sites is 1. The molecule has 1 heterocycles. The van der Waals surface area contributed by atoms with Gasteiger partial charge < -0.3 is 15.0 Å². The highest BCUT2D eigenvalue weighted by Gasteiger charge is 2.23. The summed E-state index contributed by atoms with van der Waals surface area (Å²) in [6.45, 7) is 5.60. The highest BCUT2D eigenvalue weighted by atomic mass is 32.2. The lowest BCUT2D eigenvalue weighted by atomic mass is 9.91. The maximum atomic E-state index is 12.5. The molecule has 0 spiro atoms. The van der Waals surface area contributed by atoms with Crippen LogP contribution in [0.1, 0.15) is 36.7 Å². The van der Waals surface area contributed by atoms with E-state index in [4.69, 9.17) is 4.74 Å². The number of amides is 1. The Hall–Kier alpha value is -3.06. The largest absolute Gasteiger partial charge is 0.454 e. The lowest BCUT2D eigenvalue weighted by molar-refractivity contribution is -0.129. The molecule has 0 aliphatic carbocycles. The van der Waals surface area contributed by atoms with Crippen LogP contribution in [0.2, 0.25) is 0 Å². The maximum absolute atomic E-state index is 12.5. The van der Waals surface area contributed by atoms with E-state index in [1.807, 2.05) is 24.4 Å². The number of ketones is 1. The van der Waals surface area contributed by atoms with E-state index in [-0.39, 0.29) is 24.1 Å². The SMILES string of the molecule is CC(C)(C)C(=O)COC(=O)c1ccccc1SCC(=O)NCCc1c[nH]c2ccccc12. The van der Waals surface area contributed by atoms with Crippen LogP contribution >= 0.6 is 11.8 Å². The fraction of sp³-hybridized carbons (Fsp3) is 0.320. The van der Waals surface area contributed by atoms with Gasteiger partial charge in [-0.25, -0.2) is 4.79 Å². The van der Waals surface area contributed by atoms with E-state index in [1.165, 1.54) is 11.8 Å². The van der Waals surface area contributed by atoms with Crippen LogP contribution in [0.4, 0.5) is 0 Å². The summed E-state index contributed by atoms with van der Waals surface area (Å²) in [6, 6.07) is 15.0. The van der Waals surface area contributed by atoms with Crippen molar-refractivity contribution < 1.29 is 19.1 Å². The number of thioether (sulfide) groups is 1. The number of aromatic amines is 1. The van der Waals surface area contributed by atoms with Gasteiger partial charge in [-0.3, -0.25) is 9.59 Å². The molecule has 3 rings (SSSR count). The van der Waals surface area contributed by atoms with Crippen molar-refractivity contribution in [1.29, 1.82) is 0 Å². The second-order valence-electron chi connectivity index (χ2n) is 8.49. The number of carbonyl (C=O) groups excluding carboxylic acids is 3. The van der Waals surface area contributed by atoms with Crippen molar-refractivity contribution in [1.82, 2.24) is 10.3 Å². The van der Waals surface area contributed by atoms with Crippen LogP contribution in [0.5, 0.6) is 0 Å². The van der Waals surface area contributed by atoms with Gasteiger partial charge in [-0.1, -0.05) is 51.1 Å². The van der Waals surface area contributed by atoms with Gasteiger partial charge in [0.2, 0.25) is 5.91 Å². The fourth-order valence-electron chi connectivity index (χ4n) is 3.06. The first-order chi connectivity index (χ1) is 15.3. The van der Waals surface area contributed by atoms with Crippen molar-refractivity contribution in [3.63, 3.8) is 0 Å². The molecule has 1 amide bonds. The van der Waals surface area contributed by atoms with Crippen LogP contribution in [0, 0.1) is 5.41 Å². The Morgan fingerprint density at radius 1 is 1.03 bits per heavy atom. The zero-order valence-electron chi connectivity index (χ0n) is 18.6. The standard InChI is InChI=1S/C25H28N2O4S/c1-25(2,3)22(28)15-31-24(30)19-9-5-7-11-21(19)32-16-23(29)26-13-12-17-14-27-20-10-6-4-8-18(17)20/h4-11,14,27H,12-13,15-16H2,1-3H3,(H,26,29). The molecule has 0 atom stereocenters. The van der Waals surface area contributed by atoms with E-state index < -0.39 is 11.4 Å². The number of H-pyrrole nitrogens is 1. The summed E-state index contributed by atoms with van der Waals surface area (Å²) in [5.41, 5.74) is 2.02. The molecule has 1 aromatic heterocycles. The predicted octanol–water partition coefficient (Wildman–Crippen LogP) is 4.39. The molecule has 2 N–H and O–H groups in total. The van der Waals surface area contributed by atoms with Crippen LogP contribution in [0.25, 0.3) is 10.9 Å². The maximum Gasteiger partial charge on any atom is 0.339 e. The molecule has 2 aromatic carbocycles. The third-order valence-corrected chi connectivity index (χ3v) is 6.10. The minimum absolute atomic E-state index is 0.110. The Kier molecular flexibility index (Phi) is 7.75.